The van der Waals surface area contributed by atoms with Crippen LogP contribution in [0.1, 0.15) is 97.1 Å². The molecular formula is C37H55N3O5. The maximum atomic E-state index is 13.4. The molecule has 1 saturated carbocycles. The Labute approximate surface area is 270 Å². The number of ether oxygens (including phenoxy) is 2. The van der Waals surface area contributed by atoms with Gasteiger partial charge in [0.1, 0.15) is 12.2 Å². The molecule has 1 aromatic rings. The largest absolute Gasteiger partial charge is 0.457 e. The highest BCUT2D eigenvalue weighted by molar-refractivity contribution is 5.70. The zero-order chi connectivity index (χ0) is 32.2. The van der Waals surface area contributed by atoms with Crippen molar-refractivity contribution in [1.82, 2.24) is 14.8 Å². The lowest BCUT2D eigenvalue weighted by atomic mass is 9.92. The number of allylic oxidation sites excluding steroid dienone is 3. The average Bonchev–Trinajstić information content (AvgIpc) is 3.34. The third kappa shape index (κ3) is 10.8. The Morgan fingerprint density at radius 2 is 1.78 bits per heavy atom. The van der Waals surface area contributed by atoms with Crippen LogP contribution in [0.2, 0.25) is 0 Å². The van der Waals surface area contributed by atoms with Crippen molar-refractivity contribution in [3.8, 4) is 0 Å². The van der Waals surface area contributed by atoms with Crippen LogP contribution in [0.4, 0.5) is 4.79 Å². The van der Waals surface area contributed by atoms with E-state index in [-0.39, 0.29) is 30.3 Å². The molecule has 45 heavy (non-hydrogen) atoms. The molecule has 2 aliphatic heterocycles. The number of aromatic nitrogens is 1. The van der Waals surface area contributed by atoms with E-state index in [1.54, 1.807) is 6.20 Å². The number of aliphatic hydroxyl groups is 1. The number of hydrogen-bond donors (Lipinski definition) is 1. The molecule has 8 heteroatoms. The summed E-state index contributed by atoms with van der Waals surface area (Å²) < 4.78 is 12.1. The van der Waals surface area contributed by atoms with E-state index in [0.29, 0.717) is 32.0 Å². The van der Waals surface area contributed by atoms with Gasteiger partial charge in [-0.25, -0.2) is 4.79 Å². The van der Waals surface area contributed by atoms with Crippen molar-refractivity contribution in [2.24, 2.45) is 11.8 Å². The molecule has 3 heterocycles. The molecule has 1 N–H and O–H groups in total. The number of amides is 1. The minimum Gasteiger partial charge on any atom is -0.457 e. The van der Waals surface area contributed by atoms with Crippen LogP contribution in [0, 0.1) is 11.8 Å². The lowest BCUT2D eigenvalue weighted by molar-refractivity contribution is -0.151. The minimum absolute atomic E-state index is 0.0131. The Morgan fingerprint density at radius 1 is 1.04 bits per heavy atom. The van der Waals surface area contributed by atoms with Gasteiger partial charge in [0.25, 0.3) is 0 Å². The zero-order valence-corrected chi connectivity index (χ0v) is 27.9. The number of cyclic esters (lactones) is 1. The Morgan fingerprint density at radius 3 is 2.47 bits per heavy atom. The SMILES string of the molecule is C/C(=C\C=C\[C@@H](C)c1ccccn1)[C@H]1OC(=O)C[C@H](O)CC[C@H](C)[C@@H](OC(=O)N2CCN(C3CCCCCC3)CC2)/C=C\[C@@H]1C. The van der Waals surface area contributed by atoms with Gasteiger partial charge < -0.3 is 19.5 Å². The Kier molecular flexibility index (Phi) is 13.7. The van der Waals surface area contributed by atoms with Crippen LogP contribution < -0.4 is 0 Å². The van der Waals surface area contributed by atoms with Crippen molar-refractivity contribution in [2.45, 2.75) is 116 Å². The van der Waals surface area contributed by atoms with E-state index in [1.165, 1.54) is 38.5 Å². The summed E-state index contributed by atoms with van der Waals surface area (Å²) in [4.78, 5) is 35.0. The molecule has 1 saturated heterocycles. The van der Waals surface area contributed by atoms with Gasteiger partial charge in [-0.3, -0.25) is 14.7 Å². The summed E-state index contributed by atoms with van der Waals surface area (Å²) in [5.74, 6) is -0.454. The number of pyridine rings is 1. The van der Waals surface area contributed by atoms with Crippen LogP contribution in [0.5, 0.6) is 0 Å². The number of aliphatic hydroxyl groups excluding tert-OH is 1. The molecule has 1 aliphatic carbocycles. The normalized spacial score (nSPS) is 30.1. The smallest absolute Gasteiger partial charge is 0.410 e. The molecule has 4 rings (SSSR count). The van der Waals surface area contributed by atoms with Gasteiger partial charge in [-0.15, -0.1) is 0 Å². The molecule has 0 radical (unpaired) electrons. The van der Waals surface area contributed by atoms with Crippen molar-refractivity contribution in [1.29, 1.82) is 0 Å². The fourth-order valence-corrected chi connectivity index (χ4v) is 6.75. The van der Waals surface area contributed by atoms with Crippen LogP contribution in [0.15, 0.2) is 60.3 Å². The summed E-state index contributed by atoms with van der Waals surface area (Å²) in [6.45, 7) is 11.3. The summed E-state index contributed by atoms with van der Waals surface area (Å²) in [5, 5.41) is 10.6. The lowest BCUT2D eigenvalue weighted by Crippen LogP contribution is -2.52. The maximum absolute atomic E-state index is 13.4. The number of hydrogen-bond acceptors (Lipinski definition) is 7. The first-order chi connectivity index (χ1) is 21.7. The molecule has 0 spiro atoms. The number of piperazine rings is 1. The first-order valence-electron chi connectivity index (χ1n) is 17.2. The molecule has 0 unspecified atom stereocenters. The highest BCUT2D eigenvalue weighted by Crippen LogP contribution is 2.26. The third-order valence-corrected chi connectivity index (χ3v) is 9.77. The number of rotatable bonds is 6. The predicted octanol–water partition coefficient (Wildman–Crippen LogP) is 6.82. The molecule has 2 fully saturated rings. The second kappa shape index (κ2) is 17.7. The molecule has 1 amide bonds. The summed E-state index contributed by atoms with van der Waals surface area (Å²) in [6, 6.07) is 6.53. The van der Waals surface area contributed by atoms with E-state index in [0.717, 1.165) is 24.4 Å². The molecule has 1 aromatic heterocycles. The van der Waals surface area contributed by atoms with Crippen molar-refractivity contribution in [3.63, 3.8) is 0 Å². The fraction of sp³-hybridized carbons (Fsp3) is 0.649. The van der Waals surface area contributed by atoms with Crippen molar-refractivity contribution >= 4 is 12.1 Å². The van der Waals surface area contributed by atoms with Gasteiger partial charge in [0.05, 0.1) is 12.5 Å². The molecular weight excluding hydrogens is 566 g/mol. The van der Waals surface area contributed by atoms with Crippen LogP contribution in [-0.4, -0.2) is 82.5 Å². The minimum atomic E-state index is -0.809. The molecule has 0 bridgehead atoms. The zero-order valence-electron chi connectivity index (χ0n) is 27.9. The summed E-state index contributed by atoms with van der Waals surface area (Å²) in [6.07, 6.45) is 18.6. The van der Waals surface area contributed by atoms with E-state index in [9.17, 15) is 14.7 Å². The van der Waals surface area contributed by atoms with Crippen LogP contribution in [0.25, 0.3) is 0 Å². The van der Waals surface area contributed by atoms with Gasteiger partial charge in [-0.2, -0.15) is 0 Å². The van der Waals surface area contributed by atoms with E-state index in [4.69, 9.17) is 9.47 Å². The Balaban J connectivity index is 1.42. The summed E-state index contributed by atoms with van der Waals surface area (Å²) in [7, 11) is 0. The maximum Gasteiger partial charge on any atom is 0.410 e. The Bertz CT molecular complexity index is 1150. The van der Waals surface area contributed by atoms with E-state index < -0.39 is 24.3 Å². The van der Waals surface area contributed by atoms with Gasteiger partial charge in [0.2, 0.25) is 0 Å². The number of nitrogens with zero attached hydrogens (tertiary/aromatic N) is 3. The molecule has 8 nitrogen and oxygen atoms in total. The average molecular weight is 622 g/mol. The van der Waals surface area contributed by atoms with Crippen molar-refractivity contribution in [3.05, 3.63) is 66.0 Å². The topological polar surface area (TPSA) is 92.2 Å². The van der Waals surface area contributed by atoms with Crippen molar-refractivity contribution in [2.75, 3.05) is 26.2 Å². The van der Waals surface area contributed by atoms with Crippen LogP contribution in [0.3, 0.4) is 0 Å². The van der Waals surface area contributed by atoms with E-state index in [2.05, 4.69) is 22.9 Å². The molecule has 6 atom stereocenters. The van der Waals surface area contributed by atoms with E-state index >= 15 is 0 Å². The monoisotopic (exact) mass is 621 g/mol. The second-order valence-electron chi connectivity index (χ2n) is 13.4. The summed E-state index contributed by atoms with van der Waals surface area (Å²) in [5.41, 5.74) is 1.88. The number of carbonyl (C=O) groups excluding carboxylic acids is 2. The predicted molar refractivity (Wildman–Crippen MR) is 178 cm³/mol. The summed E-state index contributed by atoms with van der Waals surface area (Å²) >= 11 is 0. The number of esters is 1. The third-order valence-electron chi connectivity index (χ3n) is 9.77. The molecule has 3 aliphatic rings. The lowest BCUT2D eigenvalue weighted by Gasteiger charge is -2.39. The standard InChI is InChI=1S/C37H55N3O5/c1-27(33-16-9-10-21-38-33)12-11-13-29(3)36-30(4)18-20-34(28(2)17-19-32(41)26-35(42)45-36)44-37(43)40-24-22-39(23-25-40)31-14-7-5-6-8-15-31/h9-13,16,18,20-21,27-28,30-32,34,36,41H,5-8,14-15,17,19,22-26H2,1-4H3/b12-11+,20-18-,29-13+/t27-,28+,30+,32-,34+,36-/m1/s1. The van der Waals surface area contributed by atoms with Gasteiger partial charge in [-0.1, -0.05) is 76.8 Å². The highest BCUT2D eigenvalue weighted by Gasteiger charge is 2.31. The Hall–Kier alpha value is -2.97. The van der Waals surface area contributed by atoms with Gasteiger partial charge in [0, 0.05) is 55.9 Å². The first-order valence-corrected chi connectivity index (χ1v) is 17.2. The van der Waals surface area contributed by atoms with Crippen molar-refractivity contribution < 1.29 is 24.2 Å². The van der Waals surface area contributed by atoms with Crippen LogP contribution in [-0.2, 0) is 14.3 Å². The highest BCUT2D eigenvalue weighted by atomic mass is 16.6. The van der Waals surface area contributed by atoms with Gasteiger partial charge >= 0.3 is 12.1 Å². The van der Waals surface area contributed by atoms with Crippen LogP contribution >= 0.6 is 0 Å². The fourth-order valence-electron chi connectivity index (χ4n) is 6.75. The van der Waals surface area contributed by atoms with E-state index in [1.807, 2.05) is 68.2 Å². The quantitative estimate of drug-likeness (QED) is 0.161. The molecule has 248 valence electrons. The first kappa shape index (κ1) is 34.9. The van der Waals surface area contributed by atoms with Gasteiger partial charge in [0.15, 0.2) is 0 Å². The van der Waals surface area contributed by atoms with Gasteiger partial charge in [-0.05, 0) is 62.3 Å². The number of carbonyl (C=O) groups is 2. The molecule has 0 aromatic carbocycles. The second-order valence-corrected chi connectivity index (χ2v) is 13.4.